The molecule has 1 heterocycles. The fourth-order valence-electron chi connectivity index (χ4n) is 4.04. The Kier molecular flexibility index (Phi) is 7.67. The van der Waals surface area contributed by atoms with E-state index in [1.54, 1.807) is 12.3 Å². The lowest BCUT2D eigenvalue weighted by molar-refractivity contribution is 0.0903. The third-order valence-electron chi connectivity index (χ3n) is 6.13. The Balaban J connectivity index is 3.52. The number of carbonyl (C=O) groups is 1. The van der Waals surface area contributed by atoms with Crippen molar-refractivity contribution in [3.8, 4) is 0 Å². The first kappa shape index (κ1) is 20.9. The molecule has 1 aromatic heterocycles. The van der Waals surface area contributed by atoms with E-state index in [1.165, 1.54) is 0 Å². The van der Waals surface area contributed by atoms with Gasteiger partial charge in [0, 0.05) is 6.20 Å². The molecule has 0 saturated heterocycles. The van der Waals surface area contributed by atoms with Gasteiger partial charge in [-0.1, -0.05) is 41.5 Å². The molecular formula is C18H35N3OSi2. The highest BCUT2D eigenvalue weighted by Gasteiger charge is 2.48. The molecule has 1 amide bonds. The molecule has 0 aliphatic heterocycles. The average molecular weight is 366 g/mol. The van der Waals surface area contributed by atoms with Crippen molar-refractivity contribution in [3.63, 3.8) is 0 Å². The second-order valence-electron chi connectivity index (χ2n) is 6.68. The number of nitrogen functional groups attached to an aromatic ring is 1. The molecule has 0 fully saturated rings. The van der Waals surface area contributed by atoms with Gasteiger partial charge in [-0.2, -0.15) is 0 Å². The van der Waals surface area contributed by atoms with Crippen molar-refractivity contribution in [2.75, 3.05) is 5.73 Å². The molecule has 1 rings (SSSR count). The number of pyridine rings is 1. The molecule has 6 heteroatoms. The zero-order valence-electron chi connectivity index (χ0n) is 16.4. The van der Waals surface area contributed by atoms with Gasteiger partial charge in [-0.15, -0.1) is 0 Å². The molecule has 0 spiro atoms. The summed E-state index contributed by atoms with van der Waals surface area (Å²) in [5.74, 6) is 0.671. The van der Waals surface area contributed by atoms with Crippen LogP contribution in [0.2, 0.25) is 36.3 Å². The number of hydrogen-bond donors (Lipinski definition) is 1. The van der Waals surface area contributed by atoms with Crippen molar-refractivity contribution in [2.24, 2.45) is 0 Å². The number of nitrogens with two attached hydrogens (primary N) is 1. The standard InChI is InChI=1S/C18H35N3OSi2/c1-7-23(8-2,9-3)21(24(10-4,11-5)12-6)18(22)16-13-14-17(19)20-15-16/h13-15H,7-12H2,1-6H3,(H2,19,20). The van der Waals surface area contributed by atoms with Crippen LogP contribution in [-0.2, 0) is 0 Å². The van der Waals surface area contributed by atoms with Gasteiger partial charge >= 0.3 is 0 Å². The van der Waals surface area contributed by atoms with E-state index in [4.69, 9.17) is 5.73 Å². The highest BCUT2D eigenvalue weighted by atomic mass is 28.4. The lowest BCUT2D eigenvalue weighted by Crippen LogP contribution is -2.68. The van der Waals surface area contributed by atoms with Crippen molar-refractivity contribution < 1.29 is 4.79 Å². The SMILES string of the molecule is CC[Si](CC)(CC)N(C(=O)c1ccc(N)nc1)[Si](CC)(CC)CC. The molecule has 0 atom stereocenters. The molecule has 4 nitrogen and oxygen atoms in total. The Hall–Kier alpha value is -1.15. The molecule has 136 valence electrons. The zero-order valence-corrected chi connectivity index (χ0v) is 18.4. The summed E-state index contributed by atoms with van der Waals surface area (Å²) in [6, 6.07) is 10.4. The third kappa shape index (κ3) is 3.74. The Morgan fingerprint density at radius 1 is 0.917 bits per heavy atom. The van der Waals surface area contributed by atoms with E-state index in [0.717, 1.165) is 36.3 Å². The first-order chi connectivity index (χ1) is 11.4. The van der Waals surface area contributed by atoms with Gasteiger partial charge in [-0.3, -0.25) is 4.79 Å². The number of aromatic nitrogens is 1. The Morgan fingerprint density at radius 2 is 1.33 bits per heavy atom. The monoisotopic (exact) mass is 365 g/mol. The molecule has 2 N–H and O–H groups in total. The summed E-state index contributed by atoms with van der Waals surface area (Å²) in [6.45, 7) is 13.7. The number of nitrogens with zero attached hydrogens (tertiary/aromatic N) is 2. The second kappa shape index (κ2) is 8.80. The van der Waals surface area contributed by atoms with Crippen LogP contribution in [0.1, 0.15) is 51.9 Å². The van der Waals surface area contributed by atoms with E-state index < -0.39 is 16.5 Å². The van der Waals surface area contributed by atoms with E-state index in [0.29, 0.717) is 11.4 Å². The van der Waals surface area contributed by atoms with Crippen molar-refractivity contribution in [2.45, 2.75) is 77.8 Å². The maximum Gasteiger partial charge on any atom is 0.239 e. The van der Waals surface area contributed by atoms with Crippen LogP contribution in [0.15, 0.2) is 18.3 Å². The molecule has 0 aliphatic carbocycles. The lowest BCUT2D eigenvalue weighted by Gasteiger charge is -2.52. The molecule has 0 aliphatic rings. The first-order valence-electron chi connectivity index (χ1n) is 9.46. The smallest absolute Gasteiger partial charge is 0.239 e. The molecule has 24 heavy (non-hydrogen) atoms. The van der Waals surface area contributed by atoms with Crippen molar-refractivity contribution in [1.82, 2.24) is 9.22 Å². The van der Waals surface area contributed by atoms with Gasteiger partial charge < -0.3 is 9.96 Å². The fraction of sp³-hybridized carbons (Fsp3) is 0.667. The summed E-state index contributed by atoms with van der Waals surface area (Å²) in [6.07, 6.45) is 1.66. The second-order valence-corrected chi connectivity index (χ2v) is 17.2. The number of carbonyl (C=O) groups excluding carboxylic acids is 1. The minimum absolute atomic E-state index is 0.205. The van der Waals surface area contributed by atoms with E-state index in [1.807, 2.05) is 6.07 Å². The first-order valence-corrected chi connectivity index (χ1v) is 14.6. The molecule has 0 unspecified atom stereocenters. The average Bonchev–Trinajstić information content (AvgIpc) is 2.63. The Morgan fingerprint density at radius 3 is 1.62 bits per heavy atom. The summed E-state index contributed by atoms with van der Waals surface area (Å²) < 4.78 is 2.48. The summed E-state index contributed by atoms with van der Waals surface area (Å²) in [5.41, 5.74) is 6.41. The van der Waals surface area contributed by atoms with Gasteiger partial charge in [-0.05, 0) is 48.4 Å². The van der Waals surface area contributed by atoms with Crippen LogP contribution < -0.4 is 5.73 Å². The largest absolute Gasteiger partial charge is 0.391 e. The van der Waals surface area contributed by atoms with Crippen LogP contribution in [0.5, 0.6) is 0 Å². The third-order valence-corrected chi connectivity index (χ3v) is 19.2. The topological polar surface area (TPSA) is 59.2 Å². The quantitative estimate of drug-likeness (QED) is 0.618. The lowest BCUT2D eigenvalue weighted by atomic mass is 10.3. The molecule has 0 bridgehead atoms. The number of anilines is 1. The summed E-state index contributed by atoms with van der Waals surface area (Å²) in [7, 11) is -3.64. The molecule has 0 aromatic carbocycles. The van der Waals surface area contributed by atoms with E-state index in [9.17, 15) is 4.79 Å². The highest BCUT2D eigenvalue weighted by Crippen LogP contribution is 2.37. The number of amides is 1. The van der Waals surface area contributed by atoms with Crippen LogP contribution >= 0.6 is 0 Å². The summed E-state index contributed by atoms with van der Waals surface area (Å²) in [4.78, 5) is 17.8. The normalized spacial score (nSPS) is 12.2. The van der Waals surface area contributed by atoms with Crippen molar-refractivity contribution in [3.05, 3.63) is 23.9 Å². The molecule has 1 aromatic rings. The van der Waals surface area contributed by atoms with E-state index >= 15 is 0 Å². The zero-order chi connectivity index (χ0) is 18.4. The fourth-order valence-corrected chi connectivity index (χ4v) is 16.9. The highest BCUT2D eigenvalue weighted by molar-refractivity contribution is 6.95. The minimum atomic E-state index is -1.82. The van der Waals surface area contributed by atoms with Crippen LogP contribution in [0.4, 0.5) is 5.82 Å². The molecule has 0 saturated carbocycles. The predicted octanol–water partition coefficient (Wildman–Crippen LogP) is 5.12. The van der Waals surface area contributed by atoms with E-state index in [-0.39, 0.29) is 5.91 Å². The van der Waals surface area contributed by atoms with Crippen LogP contribution in [-0.4, -0.2) is 31.6 Å². The maximum absolute atomic E-state index is 13.6. The van der Waals surface area contributed by atoms with Crippen LogP contribution in [0.3, 0.4) is 0 Å². The Labute approximate surface area is 150 Å². The van der Waals surface area contributed by atoms with Gasteiger partial charge in [0.25, 0.3) is 0 Å². The van der Waals surface area contributed by atoms with Crippen molar-refractivity contribution >= 4 is 28.2 Å². The van der Waals surface area contributed by atoms with E-state index in [2.05, 4.69) is 50.8 Å². The van der Waals surface area contributed by atoms with Crippen LogP contribution in [0, 0.1) is 0 Å². The summed E-state index contributed by atoms with van der Waals surface area (Å²) in [5, 5.41) is 0. The molecule has 0 radical (unpaired) electrons. The Bertz CT molecular complexity index is 489. The summed E-state index contributed by atoms with van der Waals surface area (Å²) >= 11 is 0. The minimum Gasteiger partial charge on any atom is -0.391 e. The van der Waals surface area contributed by atoms with Gasteiger partial charge in [-0.25, -0.2) is 4.98 Å². The van der Waals surface area contributed by atoms with Gasteiger partial charge in [0.15, 0.2) is 0 Å². The number of rotatable bonds is 9. The van der Waals surface area contributed by atoms with Gasteiger partial charge in [0.05, 0.1) is 5.56 Å². The predicted molar refractivity (Wildman–Crippen MR) is 109 cm³/mol. The number of hydrogen-bond acceptors (Lipinski definition) is 3. The molecular weight excluding hydrogens is 330 g/mol. The van der Waals surface area contributed by atoms with Crippen LogP contribution in [0.25, 0.3) is 0 Å². The van der Waals surface area contributed by atoms with Crippen molar-refractivity contribution in [1.29, 1.82) is 0 Å². The van der Waals surface area contributed by atoms with Gasteiger partial charge in [0.2, 0.25) is 5.91 Å². The van der Waals surface area contributed by atoms with Gasteiger partial charge in [0.1, 0.15) is 22.3 Å². The maximum atomic E-state index is 13.6.